The molecule has 2 N–H and O–H groups in total. The smallest absolute Gasteiger partial charge is 0.0895 e. The van der Waals surface area contributed by atoms with E-state index in [1.807, 2.05) is 11.6 Å². The minimum absolute atomic E-state index is 0.251. The number of aryl methyl sites for hydroxylation is 2. The Morgan fingerprint density at radius 2 is 2.00 bits per heavy atom. The Morgan fingerprint density at radius 1 is 1.27 bits per heavy atom. The number of alkyl halides is 1. The van der Waals surface area contributed by atoms with Gasteiger partial charge in [0, 0.05) is 6.54 Å². The van der Waals surface area contributed by atoms with Crippen molar-refractivity contribution in [1.82, 2.24) is 9.78 Å². The molecule has 0 radical (unpaired) electrons. The van der Waals surface area contributed by atoms with Gasteiger partial charge >= 0.3 is 0 Å². The summed E-state index contributed by atoms with van der Waals surface area (Å²) in [6.07, 6.45) is 3.17. The lowest BCUT2D eigenvalue weighted by Crippen LogP contribution is -2.05. The molecular formula is C11H20FN3. The highest BCUT2D eigenvalue weighted by molar-refractivity contribution is 5.48. The van der Waals surface area contributed by atoms with E-state index < -0.39 is 0 Å². The molecule has 0 saturated carbocycles. The zero-order valence-corrected chi connectivity index (χ0v) is 9.59. The van der Waals surface area contributed by atoms with E-state index in [1.54, 1.807) is 0 Å². The topological polar surface area (TPSA) is 43.8 Å². The average molecular weight is 213 g/mol. The highest BCUT2D eigenvalue weighted by Gasteiger charge is 2.11. The van der Waals surface area contributed by atoms with Crippen LogP contribution in [0.25, 0.3) is 0 Å². The van der Waals surface area contributed by atoms with E-state index in [0.717, 1.165) is 42.9 Å². The summed E-state index contributed by atoms with van der Waals surface area (Å²) in [6.45, 7) is 4.64. The molecule has 0 saturated heterocycles. The summed E-state index contributed by atoms with van der Waals surface area (Å²) in [7, 11) is 0. The third-order valence-corrected chi connectivity index (χ3v) is 2.60. The van der Waals surface area contributed by atoms with Crippen molar-refractivity contribution in [1.29, 1.82) is 0 Å². The first-order valence-corrected chi connectivity index (χ1v) is 5.64. The van der Waals surface area contributed by atoms with E-state index in [4.69, 9.17) is 5.73 Å². The van der Waals surface area contributed by atoms with Crippen LogP contribution in [0.4, 0.5) is 10.1 Å². The summed E-state index contributed by atoms with van der Waals surface area (Å²) in [4.78, 5) is 0. The highest BCUT2D eigenvalue weighted by atomic mass is 19.1. The first-order valence-electron chi connectivity index (χ1n) is 5.64. The number of hydrogen-bond donors (Lipinski definition) is 1. The van der Waals surface area contributed by atoms with Crippen LogP contribution >= 0.6 is 0 Å². The molecule has 1 heterocycles. The van der Waals surface area contributed by atoms with E-state index in [1.165, 1.54) is 0 Å². The fraction of sp³-hybridized carbons (Fsp3) is 0.727. The quantitative estimate of drug-likeness (QED) is 0.737. The van der Waals surface area contributed by atoms with Gasteiger partial charge in [0.15, 0.2) is 0 Å². The molecule has 0 aliphatic heterocycles. The van der Waals surface area contributed by atoms with Gasteiger partial charge < -0.3 is 5.73 Å². The van der Waals surface area contributed by atoms with Crippen molar-refractivity contribution in [2.45, 2.75) is 46.1 Å². The average Bonchev–Trinajstić information content (AvgIpc) is 2.55. The molecule has 0 aliphatic carbocycles. The SMILES string of the molecule is CCc1nn(CCCCF)c(CC)c1N. The van der Waals surface area contributed by atoms with Crippen LogP contribution in [0.1, 0.15) is 38.1 Å². The number of nitrogen functional groups attached to an aromatic ring is 1. The molecule has 4 heteroatoms. The van der Waals surface area contributed by atoms with Crippen molar-refractivity contribution in [3.05, 3.63) is 11.4 Å². The number of nitrogens with two attached hydrogens (primary N) is 1. The normalized spacial score (nSPS) is 10.9. The Bertz CT molecular complexity index is 307. The van der Waals surface area contributed by atoms with E-state index in [0.29, 0.717) is 6.42 Å². The fourth-order valence-corrected chi connectivity index (χ4v) is 1.74. The summed E-state index contributed by atoms with van der Waals surface area (Å²) < 4.78 is 13.9. The lowest BCUT2D eigenvalue weighted by atomic mass is 10.2. The van der Waals surface area contributed by atoms with Gasteiger partial charge in [0.1, 0.15) is 0 Å². The highest BCUT2D eigenvalue weighted by Crippen LogP contribution is 2.18. The van der Waals surface area contributed by atoms with Crippen LogP contribution in [0.5, 0.6) is 0 Å². The molecule has 15 heavy (non-hydrogen) atoms. The molecule has 0 atom stereocenters. The maximum atomic E-state index is 12.0. The summed E-state index contributed by atoms with van der Waals surface area (Å²) in [5, 5.41) is 4.44. The van der Waals surface area contributed by atoms with Crippen LogP contribution in [0.3, 0.4) is 0 Å². The zero-order chi connectivity index (χ0) is 11.3. The minimum atomic E-state index is -0.251. The summed E-state index contributed by atoms with van der Waals surface area (Å²) in [6, 6.07) is 0. The minimum Gasteiger partial charge on any atom is -0.396 e. The zero-order valence-electron chi connectivity index (χ0n) is 9.59. The number of halogens is 1. The summed E-state index contributed by atoms with van der Waals surface area (Å²) in [5.74, 6) is 0. The molecule has 0 fully saturated rings. The standard InChI is InChI=1S/C11H20FN3/c1-3-9-11(13)10(4-2)15(14-9)8-6-5-7-12/h3-8,13H2,1-2H3. The van der Waals surface area contributed by atoms with Crippen LogP contribution in [-0.2, 0) is 19.4 Å². The van der Waals surface area contributed by atoms with E-state index in [2.05, 4.69) is 12.0 Å². The lowest BCUT2D eigenvalue weighted by Gasteiger charge is -2.04. The van der Waals surface area contributed by atoms with Gasteiger partial charge in [-0.3, -0.25) is 9.07 Å². The maximum absolute atomic E-state index is 12.0. The molecule has 1 aromatic rings. The van der Waals surface area contributed by atoms with Crippen molar-refractivity contribution in [3.8, 4) is 0 Å². The van der Waals surface area contributed by atoms with Gasteiger partial charge in [-0.05, 0) is 25.7 Å². The number of unbranched alkanes of at least 4 members (excludes halogenated alkanes) is 1. The molecule has 0 aliphatic rings. The van der Waals surface area contributed by atoms with Gasteiger partial charge in [-0.1, -0.05) is 13.8 Å². The van der Waals surface area contributed by atoms with Crippen molar-refractivity contribution in [2.24, 2.45) is 0 Å². The van der Waals surface area contributed by atoms with Crippen LogP contribution in [0.15, 0.2) is 0 Å². The first kappa shape index (κ1) is 12.0. The number of hydrogen-bond acceptors (Lipinski definition) is 2. The molecule has 0 unspecified atom stereocenters. The predicted octanol–water partition coefficient (Wildman–Crippen LogP) is 2.34. The molecule has 0 spiro atoms. The van der Waals surface area contributed by atoms with Gasteiger partial charge in [-0.2, -0.15) is 5.10 Å². The van der Waals surface area contributed by atoms with E-state index >= 15 is 0 Å². The number of aromatic nitrogens is 2. The Kier molecular flexibility index (Phi) is 4.59. The Balaban J connectivity index is 2.77. The third-order valence-electron chi connectivity index (χ3n) is 2.60. The first-order chi connectivity index (χ1) is 7.24. The molecular weight excluding hydrogens is 193 g/mol. The largest absolute Gasteiger partial charge is 0.396 e. The molecule has 86 valence electrons. The van der Waals surface area contributed by atoms with Crippen LogP contribution in [0.2, 0.25) is 0 Å². The van der Waals surface area contributed by atoms with E-state index in [9.17, 15) is 4.39 Å². The second kappa shape index (κ2) is 5.73. The third kappa shape index (κ3) is 2.70. The van der Waals surface area contributed by atoms with Gasteiger partial charge in [-0.25, -0.2) is 0 Å². The lowest BCUT2D eigenvalue weighted by molar-refractivity contribution is 0.436. The monoisotopic (exact) mass is 213 g/mol. The molecule has 3 nitrogen and oxygen atoms in total. The Morgan fingerprint density at radius 3 is 2.53 bits per heavy atom. The fourth-order valence-electron chi connectivity index (χ4n) is 1.74. The maximum Gasteiger partial charge on any atom is 0.0895 e. The van der Waals surface area contributed by atoms with Crippen LogP contribution in [0, 0.1) is 0 Å². The van der Waals surface area contributed by atoms with E-state index in [-0.39, 0.29) is 6.67 Å². The predicted molar refractivity (Wildman–Crippen MR) is 60.6 cm³/mol. The van der Waals surface area contributed by atoms with Crippen molar-refractivity contribution >= 4 is 5.69 Å². The van der Waals surface area contributed by atoms with Crippen LogP contribution in [-0.4, -0.2) is 16.5 Å². The number of rotatable bonds is 6. The van der Waals surface area contributed by atoms with Crippen molar-refractivity contribution < 1.29 is 4.39 Å². The molecule has 1 rings (SSSR count). The Labute approximate surface area is 90.5 Å². The molecule has 0 amide bonds. The summed E-state index contributed by atoms with van der Waals surface area (Å²) >= 11 is 0. The summed E-state index contributed by atoms with van der Waals surface area (Å²) in [5.41, 5.74) is 8.85. The van der Waals surface area contributed by atoms with Gasteiger partial charge in [0.25, 0.3) is 0 Å². The van der Waals surface area contributed by atoms with Gasteiger partial charge in [-0.15, -0.1) is 0 Å². The number of nitrogens with zero attached hydrogens (tertiary/aromatic N) is 2. The van der Waals surface area contributed by atoms with Crippen molar-refractivity contribution in [3.63, 3.8) is 0 Å². The Hall–Kier alpha value is -1.06. The van der Waals surface area contributed by atoms with Gasteiger partial charge in [0.05, 0.1) is 23.7 Å². The molecule has 0 bridgehead atoms. The van der Waals surface area contributed by atoms with Crippen LogP contribution < -0.4 is 5.73 Å². The second-order valence-electron chi connectivity index (χ2n) is 3.63. The molecule has 0 aromatic carbocycles. The number of anilines is 1. The molecule has 1 aromatic heterocycles. The second-order valence-corrected chi connectivity index (χ2v) is 3.63. The van der Waals surface area contributed by atoms with Crippen molar-refractivity contribution in [2.75, 3.05) is 12.4 Å². The van der Waals surface area contributed by atoms with Gasteiger partial charge in [0.2, 0.25) is 0 Å².